The fraction of sp³-hybridized carbons (Fsp3) is 0.333. The molecule has 3 N–H and O–H groups in total. The monoisotopic (exact) mass is 325 g/mol. The molecular formula is C12H15N5O2S2. The lowest BCUT2D eigenvalue weighted by molar-refractivity contribution is 0.0525. The Bertz CT molecular complexity index is 781. The van der Waals surface area contributed by atoms with Gasteiger partial charge in [0.1, 0.15) is 0 Å². The standard InChI is InChI=1S/C12H15N5O2S2/c1-4-19-10(18)9-6(2)8(14-7(9)3)5-13-17-11(20)15-16-12(17)21/h5,14H,4H2,1-3H3,(H,15,20)(H,16,21)/b13-5+. The number of rotatable bonds is 4. The van der Waals surface area contributed by atoms with Crippen LogP contribution in [0, 0.1) is 23.4 Å². The highest BCUT2D eigenvalue weighted by atomic mass is 32.1. The molecule has 112 valence electrons. The van der Waals surface area contributed by atoms with E-state index < -0.39 is 0 Å². The zero-order valence-electron chi connectivity index (χ0n) is 11.8. The van der Waals surface area contributed by atoms with E-state index in [1.54, 1.807) is 13.1 Å². The summed E-state index contributed by atoms with van der Waals surface area (Å²) in [5, 5.41) is 9.57. The molecule has 2 heterocycles. The second kappa shape index (κ2) is 6.19. The van der Waals surface area contributed by atoms with Gasteiger partial charge in [0.25, 0.3) is 0 Å². The van der Waals surface area contributed by atoms with Gasteiger partial charge in [0.05, 0.1) is 24.1 Å². The van der Waals surface area contributed by atoms with Crippen LogP contribution in [-0.4, -0.2) is 38.6 Å². The largest absolute Gasteiger partial charge is 0.462 e. The summed E-state index contributed by atoms with van der Waals surface area (Å²) in [5.41, 5.74) is 2.73. The van der Waals surface area contributed by atoms with Gasteiger partial charge in [-0.25, -0.2) is 4.79 Å². The fourth-order valence-electron chi connectivity index (χ4n) is 1.94. The molecule has 0 radical (unpaired) electrons. The van der Waals surface area contributed by atoms with Crippen molar-refractivity contribution in [1.29, 1.82) is 0 Å². The number of aryl methyl sites for hydroxylation is 1. The maximum atomic E-state index is 11.9. The Labute approximate surface area is 131 Å². The normalized spacial score (nSPS) is 11.2. The Morgan fingerprint density at radius 1 is 1.33 bits per heavy atom. The molecule has 0 spiro atoms. The van der Waals surface area contributed by atoms with E-state index in [4.69, 9.17) is 29.2 Å². The first-order chi connectivity index (χ1) is 9.95. The van der Waals surface area contributed by atoms with E-state index >= 15 is 0 Å². The zero-order valence-corrected chi connectivity index (χ0v) is 13.4. The van der Waals surface area contributed by atoms with Gasteiger partial charge >= 0.3 is 5.97 Å². The van der Waals surface area contributed by atoms with Crippen molar-refractivity contribution in [3.8, 4) is 0 Å². The van der Waals surface area contributed by atoms with Gasteiger partial charge < -0.3 is 9.72 Å². The van der Waals surface area contributed by atoms with Crippen LogP contribution in [0.5, 0.6) is 0 Å². The molecule has 0 unspecified atom stereocenters. The number of aromatic amines is 3. The van der Waals surface area contributed by atoms with E-state index in [2.05, 4.69) is 20.3 Å². The number of H-pyrrole nitrogens is 3. The highest BCUT2D eigenvalue weighted by Gasteiger charge is 2.18. The second-order valence-corrected chi connectivity index (χ2v) is 5.07. The summed E-state index contributed by atoms with van der Waals surface area (Å²) in [5.74, 6) is -0.348. The van der Waals surface area contributed by atoms with Gasteiger partial charge in [-0.05, 0) is 50.8 Å². The van der Waals surface area contributed by atoms with Gasteiger partial charge in [-0.15, -0.1) is 0 Å². The van der Waals surface area contributed by atoms with E-state index in [1.165, 1.54) is 4.68 Å². The Kier molecular flexibility index (Phi) is 4.53. The van der Waals surface area contributed by atoms with Gasteiger partial charge in [-0.2, -0.15) is 9.78 Å². The van der Waals surface area contributed by atoms with Crippen LogP contribution in [-0.2, 0) is 4.74 Å². The molecule has 9 heteroatoms. The molecule has 0 aromatic carbocycles. The number of hydrogen-bond acceptors (Lipinski definition) is 5. The lowest BCUT2D eigenvalue weighted by atomic mass is 10.1. The number of carbonyl (C=O) groups excluding carboxylic acids is 1. The minimum atomic E-state index is -0.348. The van der Waals surface area contributed by atoms with Crippen LogP contribution >= 0.6 is 24.4 Å². The third-order valence-electron chi connectivity index (χ3n) is 2.92. The summed E-state index contributed by atoms with van der Waals surface area (Å²) in [6, 6.07) is 0. The molecule has 2 rings (SSSR count). The number of ether oxygens (including phenoxy) is 1. The Hall–Kier alpha value is -2.00. The van der Waals surface area contributed by atoms with Crippen LogP contribution < -0.4 is 0 Å². The summed E-state index contributed by atoms with van der Waals surface area (Å²) in [6.07, 6.45) is 1.57. The van der Waals surface area contributed by atoms with E-state index in [1.807, 2.05) is 13.8 Å². The summed E-state index contributed by atoms with van der Waals surface area (Å²) in [4.78, 5) is 15.0. The van der Waals surface area contributed by atoms with Gasteiger partial charge in [0.15, 0.2) is 0 Å². The predicted octanol–water partition coefficient (Wildman–Crippen LogP) is 2.61. The van der Waals surface area contributed by atoms with Gasteiger partial charge in [-0.3, -0.25) is 10.2 Å². The number of nitrogens with zero attached hydrogens (tertiary/aromatic N) is 2. The summed E-state index contributed by atoms with van der Waals surface area (Å²) >= 11 is 10.1. The first-order valence-electron chi connectivity index (χ1n) is 6.26. The van der Waals surface area contributed by atoms with Crippen molar-refractivity contribution in [1.82, 2.24) is 19.9 Å². The Morgan fingerprint density at radius 3 is 2.52 bits per heavy atom. The minimum absolute atomic E-state index is 0.333. The molecule has 0 saturated carbocycles. The smallest absolute Gasteiger partial charge is 0.340 e. The van der Waals surface area contributed by atoms with Crippen molar-refractivity contribution in [2.45, 2.75) is 20.8 Å². The molecule has 2 aromatic rings. The molecule has 2 aromatic heterocycles. The minimum Gasteiger partial charge on any atom is -0.462 e. The first kappa shape index (κ1) is 15.4. The molecule has 21 heavy (non-hydrogen) atoms. The summed E-state index contributed by atoms with van der Waals surface area (Å²) < 4.78 is 7.15. The van der Waals surface area contributed by atoms with Crippen molar-refractivity contribution in [2.75, 3.05) is 6.61 Å². The average molecular weight is 325 g/mol. The van der Waals surface area contributed by atoms with E-state index in [0.717, 1.165) is 11.3 Å². The van der Waals surface area contributed by atoms with Crippen LogP contribution in [0.3, 0.4) is 0 Å². The van der Waals surface area contributed by atoms with Crippen LogP contribution in [0.2, 0.25) is 0 Å². The SMILES string of the molecule is CCOC(=O)c1c(C)[nH]c(/C=N/n2c(=S)[nH][nH]c2=S)c1C. The zero-order chi connectivity index (χ0) is 15.6. The van der Waals surface area contributed by atoms with E-state index in [0.29, 0.717) is 27.4 Å². The van der Waals surface area contributed by atoms with Gasteiger partial charge in [0, 0.05) is 5.69 Å². The molecule has 0 fully saturated rings. The molecule has 0 aliphatic heterocycles. The van der Waals surface area contributed by atoms with Gasteiger partial charge in [-0.1, -0.05) is 0 Å². The number of nitrogens with one attached hydrogen (secondary N) is 3. The molecule has 0 saturated heterocycles. The van der Waals surface area contributed by atoms with Crippen LogP contribution in [0.15, 0.2) is 5.10 Å². The molecule has 0 aliphatic rings. The lowest BCUT2D eigenvalue weighted by Crippen LogP contribution is -2.06. The Balaban J connectivity index is 2.39. The molecule has 0 bridgehead atoms. The molecule has 7 nitrogen and oxygen atoms in total. The van der Waals surface area contributed by atoms with Crippen molar-refractivity contribution in [3.05, 3.63) is 32.1 Å². The van der Waals surface area contributed by atoms with Crippen LogP contribution in [0.1, 0.15) is 34.2 Å². The van der Waals surface area contributed by atoms with Crippen LogP contribution in [0.4, 0.5) is 0 Å². The predicted molar refractivity (Wildman–Crippen MR) is 84.0 cm³/mol. The molecule has 0 atom stereocenters. The summed E-state index contributed by atoms with van der Waals surface area (Å²) in [6.45, 7) is 5.74. The number of hydrogen-bond donors (Lipinski definition) is 3. The van der Waals surface area contributed by atoms with E-state index in [-0.39, 0.29) is 5.97 Å². The third kappa shape index (κ3) is 3.03. The molecule has 0 aliphatic carbocycles. The van der Waals surface area contributed by atoms with Gasteiger partial charge in [0.2, 0.25) is 9.54 Å². The topological polar surface area (TPSA) is 91.0 Å². The third-order valence-corrected chi connectivity index (χ3v) is 3.47. The molecular weight excluding hydrogens is 310 g/mol. The maximum absolute atomic E-state index is 11.9. The van der Waals surface area contributed by atoms with Crippen LogP contribution in [0.25, 0.3) is 0 Å². The number of carbonyl (C=O) groups is 1. The van der Waals surface area contributed by atoms with E-state index in [9.17, 15) is 4.79 Å². The highest BCUT2D eigenvalue weighted by molar-refractivity contribution is 7.72. The van der Waals surface area contributed by atoms with Crippen molar-refractivity contribution in [3.63, 3.8) is 0 Å². The van der Waals surface area contributed by atoms with Crippen molar-refractivity contribution < 1.29 is 9.53 Å². The van der Waals surface area contributed by atoms with Crippen molar-refractivity contribution >= 4 is 36.6 Å². The maximum Gasteiger partial charge on any atom is 0.340 e. The highest BCUT2D eigenvalue weighted by Crippen LogP contribution is 2.17. The quantitative estimate of drug-likeness (QED) is 0.458. The number of aromatic nitrogens is 4. The Morgan fingerprint density at radius 2 is 1.95 bits per heavy atom. The number of esters is 1. The average Bonchev–Trinajstić information content (AvgIpc) is 2.88. The first-order valence-corrected chi connectivity index (χ1v) is 7.07. The fourth-order valence-corrected chi connectivity index (χ4v) is 2.37. The summed E-state index contributed by atoms with van der Waals surface area (Å²) in [7, 11) is 0. The second-order valence-electron chi connectivity index (χ2n) is 4.30. The van der Waals surface area contributed by atoms with Crippen molar-refractivity contribution in [2.24, 2.45) is 5.10 Å². The lowest BCUT2D eigenvalue weighted by Gasteiger charge is -2.01. The molecule has 0 amide bonds.